The van der Waals surface area contributed by atoms with E-state index >= 15 is 0 Å². The summed E-state index contributed by atoms with van der Waals surface area (Å²) in [7, 11) is 0. The van der Waals surface area contributed by atoms with Gasteiger partial charge in [0.2, 0.25) is 0 Å². The Hall–Kier alpha value is -2.17. The van der Waals surface area contributed by atoms with Crippen molar-refractivity contribution in [2.24, 2.45) is 5.92 Å². The highest BCUT2D eigenvalue weighted by Crippen LogP contribution is 2.38. The average Bonchev–Trinajstić information content (AvgIpc) is 2.87. The minimum Gasteiger partial charge on any atom is -0.493 e. The number of rotatable bonds is 6. The number of carbonyl (C=O) groups is 1. The van der Waals surface area contributed by atoms with Crippen LogP contribution in [0.2, 0.25) is 0 Å². The Kier molecular flexibility index (Phi) is 4.22. The summed E-state index contributed by atoms with van der Waals surface area (Å²) in [5.41, 5.74) is 2.32. The molecule has 1 aromatic heterocycles. The Morgan fingerprint density at radius 2 is 2.05 bits per heavy atom. The highest BCUT2D eigenvalue weighted by molar-refractivity contribution is 5.74. The minimum atomic E-state index is 0.395. The maximum Gasteiger partial charge on any atom is 0.172 e. The van der Waals surface area contributed by atoms with Gasteiger partial charge in [0, 0.05) is 5.92 Å². The van der Waals surface area contributed by atoms with Crippen LogP contribution in [0.3, 0.4) is 0 Å². The molecule has 1 saturated carbocycles. The fourth-order valence-corrected chi connectivity index (χ4v) is 2.59. The third kappa shape index (κ3) is 2.89. The molecule has 0 unspecified atom stereocenters. The highest BCUT2D eigenvalue weighted by atomic mass is 16.5. The summed E-state index contributed by atoms with van der Waals surface area (Å²) >= 11 is 0. The summed E-state index contributed by atoms with van der Waals surface area (Å²) in [6.07, 6.45) is 4.21. The van der Waals surface area contributed by atoms with Crippen molar-refractivity contribution in [3.63, 3.8) is 0 Å². The molecule has 116 valence electrons. The van der Waals surface area contributed by atoms with E-state index in [-0.39, 0.29) is 0 Å². The lowest BCUT2D eigenvalue weighted by Gasteiger charge is -2.26. The van der Waals surface area contributed by atoms with E-state index in [1.54, 1.807) is 4.68 Å². The Balaban J connectivity index is 1.84. The number of nitrogens with zero attached hydrogens (tertiary/aromatic N) is 3. The molecule has 1 heterocycles. The lowest BCUT2D eigenvalue weighted by atomic mass is 9.82. The van der Waals surface area contributed by atoms with Crippen molar-refractivity contribution in [2.45, 2.75) is 39.0 Å². The molecule has 0 atom stereocenters. The average molecular weight is 299 g/mol. The zero-order valence-electron chi connectivity index (χ0n) is 13.0. The van der Waals surface area contributed by atoms with Crippen LogP contribution in [0.5, 0.6) is 5.75 Å². The molecule has 22 heavy (non-hydrogen) atoms. The smallest absolute Gasteiger partial charge is 0.172 e. The molecule has 0 amide bonds. The molecule has 1 fully saturated rings. The van der Waals surface area contributed by atoms with Crippen LogP contribution in [0, 0.1) is 5.92 Å². The molecule has 0 N–H and O–H groups in total. The Bertz CT molecular complexity index is 642. The molecular weight excluding hydrogens is 278 g/mol. The van der Waals surface area contributed by atoms with Gasteiger partial charge in [-0.15, -0.1) is 5.10 Å². The van der Waals surface area contributed by atoms with E-state index in [4.69, 9.17) is 4.74 Å². The highest BCUT2D eigenvalue weighted by Gasteiger charge is 2.28. The van der Waals surface area contributed by atoms with Crippen LogP contribution in [0.4, 0.5) is 0 Å². The van der Waals surface area contributed by atoms with E-state index in [9.17, 15) is 4.79 Å². The van der Waals surface area contributed by atoms with Crippen LogP contribution < -0.4 is 4.74 Å². The predicted molar refractivity (Wildman–Crippen MR) is 83.7 cm³/mol. The van der Waals surface area contributed by atoms with E-state index in [2.05, 4.69) is 24.2 Å². The van der Waals surface area contributed by atoms with Crippen molar-refractivity contribution < 1.29 is 9.53 Å². The van der Waals surface area contributed by atoms with Crippen molar-refractivity contribution in [3.05, 3.63) is 35.7 Å². The van der Waals surface area contributed by atoms with Gasteiger partial charge in [-0.25, -0.2) is 4.68 Å². The second kappa shape index (κ2) is 6.30. The zero-order valence-corrected chi connectivity index (χ0v) is 13.0. The van der Waals surface area contributed by atoms with Gasteiger partial charge in [0.1, 0.15) is 11.4 Å². The van der Waals surface area contributed by atoms with Gasteiger partial charge in [0.05, 0.1) is 18.0 Å². The quantitative estimate of drug-likeness (QED) is 0.767. The van der Waals surface area contributed by atoms with Crippen molar-refractivity contribution in [2.75, 3.05) is 6.61 Å². The minimum absolute atomic E-state index is 0.395. The van der Waals surface area contributed by atoms with Gasteiger partial charge in [-0.3, -0.25) is 4.79 Å². The molecule has 2 aromatic rings. The molecule has 0 spiro atoms. The van der Waals surface area contributed by atoms with Crippen molar-refractivity contribution in [3.8, 4) is 11.4 Å². The summed E-state index contributed by atoms with van der Waals surface area (Å²) in [5, 5.41) is 8.17. The van der Waals surface area contributed by atoms with Crippen LogP contribution in [-0.2, 0) is 0 Å². The fraction of sp³-hybridized carbons (Fsp3) is 0.471. The fourth-order valence-electron chi connectivity index (χ4n) is 2.59. The number of hydrogen-bond donors (Lipinski definition) is 0. The van der Waals surface area contributed by atoms with Crippen LogP contribution in [0.25, 0.3) is 5.69 Å². The number of ether oxygens (including phenoxy) is 1. The van der Waals surface area contributed by atoms with Gasteiger partial charge in [0.25, 0.3) is 0 Å². The van der Waals surface area contributed by atoms with Crippen LogP contribution in [-0.4, -0.2) is 27.9 Å². The summed E-state index contributed by atoms with van der Waals surface area (Å²) in [4.78, 5) is 11.2. The van der Waals surface area contributed by atoms with Gasteiger partial charge in [0.15, 0.2) is 6.29 Å². The van der Waals surface area contributed by atoms with Gasteiger partial charge in [-0.05, 0) is 43.0 Å². The molecule has 5 nitrogen and oxygen atoms in total. The monoisotopic (exact) mass is 299 g/mol. The number of hydrogen-bond acceptors (Lipinski definition) is 4. The lowest BCUT2D eigenvalue weighted by Crippen LogP contribution is -2.15. The molecule has 0 aliphatic heterocycles. The molecule has 0 bridgehead atoms. The molecule has 1 aliphatic rings. The standard InChI is InChI=1S/C17H21N3O2/c1-12(2)11-22-15-8-6-14(7-9-15)20-17(13-4-3-5-13)16(10-21)18-19-20/h6-10,12-13H,3-5,11H2,1-2H3. The van der Waals surface area contributed by atoms with Gasteiger partial charge in [-0.1, -0.05) is 25.5 Å². The maximum atomic E-state index is 11.2. The van der Waals surface area contributed by atoms with E-state index in [0.29, 0.717) is 24.1 Å². The number of carbonyl (C=O) groups excluding carboxylic acids is 1. The summed E-state index contributed by atoms with van der Waals surface area (Å²) in [6, 6.07) is 7.79. The van der Waals surface area contributed by atoms with Crippen molar-refractivity contribution in [1.82, 2.24) is 15.0 Å². The van der Waals surface area contributed by atoms with Crippen LogP contribution in [0.1, 0.15) is 55.2 Å². The molecule has 0 radical (unpaired) electrons. The van der Waals surface area contributed by atoms with E-state index < -0.39 is 0 Å². The van der Waals surface area contributed by atoms with Crippen molar-refractivity contribution >= 4 is 6.29 Å². The lowest BCUT2D eigenvalue weighted by molar-refractivity contribution is 0.111. The first-order valence-electron chi connectivity index (χ1n) is 7.83. The van der Waals surface area contributed by atoms with Crippen LogP contribution in [0.15, 0.2) is 24.3 Å². The third-order valence-electron chi connectivity index (χ3n) is 4.00. The maximum absolute atomic E-state index is 11.2. The molecule has 5 heteroatoms. The van der Waals surface area contributed by atoms with Crippen molar-refractivity contribution in [1.29, 1.82) is 0 Å². The number of aldehydes is 1. The summed E-state index contributed by atoms with van der Waals surface area (Å²) in [6.45, 7) is 4.94. The van der Waals surface area contributed by atoms with Gasteiger partial charge >= 0.3 is 0 Å². The second-order valence-corrected chi connectivity index (χ2v) is 6.22. The normalized spacial score (nSPS) is 14.9. The molecule has 0 saturated heterocycles. The van der Waals surface area contributed by atoms with Gasteiger partial charge < -0.3 is 4.74 Å². The first-order chi connectivity index (χ1) is 10.7. The first kappa shape index (κ1) is 14.8. The Morgan fingerprint density at radius 3 is 2.59 bits per heavy atom. The Morgan fingerprint density at radius 1 is 1.32 bits per heavy atom. The zero-order chi connectivity index (χ0) is 15.5. The Labute approximate surface area is 130 Å². The van der Waals surface area contributed by atoms with E-state index in [1.807, 2.05) is 24.3 Å². The largest absolute Gasteiger partial charge is 0.493 e. The number of benzene rings is 1. The molecule has 1 aromatic carbocycles. The van der Waals surface area contributed by atoms with Crippen LogP contribution >= 0.6 is 0 Å². The third-order valence-corrected chi connectivity index (χ3v) is 4.00. The van der Waals surface area contributed by atoms with E-state index in [0.717, 1.165) is 36.3 Å². The van der Waals surface area contributed by atoms with E-state index in [1.165, 1.54) is 6.42 Å². The van der Waals surface area contributed by atoms with Gasteiger partial charge in [-0.2, -0.15) is 0 Å². The topological polar surface area (TPSA) is 57.0 Å². The molecule has 3 rings (SSSR count). The second-order valence-electron chi connectivity index (χ2n) is 6.22. The SMILES string of the molecule is CC(C)COc1ccc(-n2nnc(C=O)c2C2CCC2)cc1. The number of aromatic nitrogens is 3. The first-order valence-corrected chi connectivity index (χ1v) is 7.83. The predicted octanol–water partition coefficient (Wildman–Crippen LogP) is 3.38. The molecule has 1 aliphatic carbocycles. The summed E-state index contributed by atoms with van der Waals surface area (Å²) in [5.74, 6) is 1.74. The molecular formula is C17H21N3O2. The summed E-state index contributed by atoms with van der Waals surface area (Å²) < 4.78 is 7.48.